The minimum absolute atomic E-state index is 0. The summed E-state index contributed by atoms with van der Waals surface area (Å²) < 4.78 is 22.7. The summed E-state index contributed by atoms with van der Waals surface area (Å²) in [5, 5.41) is 0.820. The molecule has 0 bridgehead atoms. The normalized spacial score (nSPS) is 13.0. The molecule has 0 radical (unpaired) electrons. The second-order valence-corrected chi connectivity index (χ2v) is 7.90. The SMILES string of the molecule is CCOC(C)Oc1ccc(PC(=O)c2c(C)cccc2C)c(OC(C)OCC)c1.[LiH]. The van der Waals surface area contributed by atoms with Gasteiger partial charge in [-0.15, -0.1) is 0 Å². The van der Waals surface area contributed by atoms with Crippen molar-refractivity contribution in [3.05, 3.63) is 53.1 Å². The third-order valence-corrected chi connectivity index (χ3v) is 5.47. The molecule has 30 heavy (non-hydrogen) atoms. The van der Waals surface area contributed by atoms with Gasteiger partial charge in [-0.2, -0.15) is 0 Å². The zero-order valence-corrected chi connectivity index (χ0v) is 19.1. The molecule has 3 unspecified atom stereocenters. The molecule has 7 heteroatoms. The molecule has 0 fully saturated rings. The molecule has 0 aromatic heterocycles. The predicted octanol–water partition coefficient (Wildman–Crippen LogP) is 4.32. The first-order valence-electron chi connectivity index (χ1n) is 9.93. The predicted molar refractivity (Wildman–Crippen MR) is 125 cm³/mol. The van der Waals surface area contributed by atoms with Crippen LogP contribution in [0.3, 0.4) is 0 Å². The van der Waals surface area contributed by atoms with Crippen LogP contribution in [0.2, 0.25) is 0 Å². The number of rotatable bonds is 11. The molecule has 0 saturated heterocycles. The van der Waals surface area contributed by atoms with Crippen LogP contribution in [0.5, 0.6) is 11.5 Å². The van der Waals surface area contributed by atoms with Gasteiger partial charge in [0, 0.05) is 30.1 Å². The summed E-state index contributed by atoms with van der Waals surface area (Å²) in [4.78, 5) is 13.0. The molecule has 3 atom stereocenters. The van der Waals surface area contributed by atoms with E-state index < -0.39 is 6.29 Å². The summed E-state index contributed by atoms with van der Waals surface area (Å²) in [6.45, 7) is 12.5. The third kappa shape index (κ3) is 7.73. The van der Waals surface area contributed by atoms with E-state index in [1.54, 1.807) is 6.07 Å². The first-order valence-corrected chi connectivity index (χ1v) is 10.9. The summed E-state index contributed by atoms with van der Waals surface area (Å²) >= 11 is 0. The Bertz CT molecular complexity index is 807. The molecule has 0 heterocycles. The quantitative estimate of drug-likeness (QED) is 0.304. The Balaban J connectivity index is 0.00000450. The van der Waals surface area contributed by atoms with E-state index in [4.69, 9.17) is 18.9 Å². The molecular weight excluding hydrogens is 394 g/mol. The van der Waals surface area contributed by atoms with Gasteiger partial charge in [-0.1, -0.05) is 18.2 Å². The first kappa shape index (κ1) is 26.7. The van der Waals surface area contributed by atoms with Crippen molar-refractivity contribution in [2.45, 2.75) is 54.1 Å². The number of aryl methyl sites for hydroxylation is 2. The number of carbonyl (C=O) groups excluding carboxylic acids is 1. The van der Waals surface area contributed by atoms with E-state index in [9.17, 15) is 4.79 Å². The Kier molecular flexibility index (Phi) is 11.7. The fourth-order valence-electron chi connectivity index (χ4n) is 3.04. The monoisotopic (exact) mass is 426 g/mol. The summed E-state index contributed by atoms with van der Waals surface area (Å²) in [6.07, 6.45) is -0.805. The van der Waals surface area contributed by atoms with Crippen LogP contribution in [0.4, 0.5) is 0 Å². The Hall–Kier alpha value is -1.34. The minimum atomic E-state index is -0.432. The second kappa shape index (κ2) is 13.2. The summed E-state index contributed by atoms with van der Waals surface area (Å²) in [6, 6.07) is 11.4. The van der Waals surface area contributed by atoms with Crippen LogP contribution >= 0.6 is 8.58 Å². The van der Waals surface area contributed by atoms with E-state index >= 15 is 0 Å². The topological polar surface area (TPSA) is 54.0 Å². The number of carbonyl (C=O) groups is 1. The van der Waals surface area contributed by atoms with Crippen molar-refractivity contribution in [2.75, 3.05) is 13.2 Å². The van der Waals surface area contributed by atoms with Gasteiger partial charge in [0.25, 0.3) is 0 Å². The van der Waals surface area contributed by atoms with E-state index in [1.165, 1.54) is 0 Å². The Morgan fingerprint density at radius 2 is 1.50 bits per heavy atom. The van der Waals surface area contributed by atoms with Crippen molar-refractivity contribution < 1.29 is 23.7 Å². The summed E-state index contributed by atoms with van der Waals surface area (Å²) in [7, 11) is -0.0647. The molecule has 5 nitrogen and oxygen atoms in total. The van der Waals surface area contributed by atoms with Crippen molar-refractivity contribution in [1.82, 2.24) is 0 Å². The van der Waals surface area contributed by atoms with Crippen LogP contribution < -0.4 is 14.8 Å². The van der Waals surface area contributed by atoms with Gasteiger partial charge in [0.05, 0.1) is 0 Å². The van der Waals surface area contributed by atoms with Crippen molar-refractivity contribution >= 4 is 38.3 Å². The van der Waals surface area contributed by atoms with Gasteiger partial charge in [-0.25, -0.2) is 0 Å². The van der Waals surface area contributed by atoms with Gasteiger partial charge in [0.2, 0.25) is 0 Å². The zero-order valence-electron chi connectivity index (χ0n) is 18.1. The van der Waals surface area contributed by atoms with Crippen LogP contribution in [0, 0.1) is 13.8 Å². The van der Waals surface area contributed by atoms with E-state index in [-0.39, 0.29) is 39.3 Å². The van der Waals surface area contributed by atoms with Crippen molar-refractivity contribution in [3.8, 4) is 11.5 Å². The molecular formula is C23H32LiO5P. The Morgan fingerprint density at radius 3 is 2.07 bits per heavy atom. The van der Waals surface area contributed by atoms with Gasteiger partial charge < -0.3 is 18.9 Å². The number of benzene rings is 2. The molecule has 0 saturated carbocycles. The molecule has 2 aromatic rings. The van der Waals surface area contributed by atoms with Gasteiger partial charge in [0.15, 0.2) is 18.1 Å². The fourth-order valence-corrected chi connectivity index (χ4v) is 4.23. The molecule has 0 spiro atoms. The maximum absolute atomic E-state index is 13.0. The number of hydrogen-bond acceptors (Lipinski definition) is 5. The summed E-state index contributed by atoms with van der Waals surface area (Å²) in [5.41, 5.74) is 2.84. The Morgan fingerprint density at radius 1 is 0.933 bits per heavy atom. The van der Waals surface area contributed by atoms with Crippen LogP contribution in [0.1, 0.15) is 49.2 Å². The van der Waals surface area contributed by atoms with Crippen LogP contribution in [0.25, 0.3) is 0 Å². The molecule has 0 aliphatic heterocycles. The van der Waals surface area contributed by atoms with Gasteiger partial charge in [-0.3, -0.25) is 4.79 Å². The van der Waals surface area contributed by atoms with Gasteiger partial charge in [-0.05, 0) is 73.4 Å². The molecule has 0 aliphatic carbocycles. The van der Waals surface area contributed by atoms with Crippen molar-refractivity contribution in [2.24, 2.45) is 0 Å². The number of ether oxygens (including phenoxy) is 4. The average Bonchev–Trinajstić information content (AvgIpc) is 2.64. The first-order chi connectivity index (χ1) is 13.8. The van der Waals surface area contributed by atoms with Gasteiger partial charge >= 0.3 is 18.9 Å². The fraction of sp³-hybridized carbons (Fsp3) is 0.435. The molecule has 2 aromatic carbocycles. The van der Waals surface area contributed by atoms with E-state index in [1.807, 2.05) is 71.9 Å². The standard InChI is InChI=1S/C23H31O5P.Li.H/c1-7-25-17(5)27-19-12-13-21(20(14-19)28-18(6)26-8-2)29-23(24)22-15(3)10-9-11-16(22)4;;/h9-14,17-18,29H,7-8H2,1-6H3;;. The van der Waals surface area contributed by atoms with Crippen LogP contribution in [-0.4, -0.2) is 50.2 Å². The number of hydrogen-bond donors (Lipinski definition) is 0. The molecule has 0 amide bonds. The average molecular weight is 426 g/mol. The van der Waals surface area contributed by atoms with E-state index in [0.29, 0.717) is 24.7 Å². The van der Waals surface area contributed by atoms with Gasteiger partial charge in [0.1, 0.15) is 11.5 Å². The zero-order chi connectivity index (χ0) is 21.4. The maximum atomic E-state index is 13.0. The van der Waals surface area contributed by atoms with Crippen LogP contribution in [-0.2, 0) is 9.47 Å². The summed E-state index contributed by atoms with van der Waals surface area (Å²) in [5.74, 6) is 1.21. The van der Waals surface area contributed by atoms with E-state index in [2.05, 4.69) is 0 Å². The van der Waals surface area contributed by atoms with Crippen molar-refractivity contribution in [1.29, 1.82) is 0 Å². The molecule has 0 aliphatic rings. The Labute approximate surface area is 193 Å². The second-order valence-electron chi connectivity index (χ2n) is 6.66. The van der Waals surface area contributed by atoms with Crippen LogP contribution in [0.15, 0.2) is 36.4 Å². The molecule has 0 N–H and O–H groups in total. The van der Waals surface area contributed by atoms with E-state index in [0.717, 1.165) is 22.0 Å². The molecule has 160 valence electrons. The molecule has 2 rings (SSSR count). The van der Waals surface area contributed by atoms with Crippen molar-refractivity contribution in [3.63, 3.8) is 0 Å². The third-order valence-electron chi connectivity index (χ3n) is 4.31.